The molecule has 0 unspecified atom stereocenters. The molecule has 0 radical (unpaired) electrons. The van der Waals surface area contributed by atoms with Crippen LogP contribution < -0.4 is 11.0 Å². The van der Waals surface area contributed by atoms with E-state index in [-0.39, 0.29) is 17.8 Å². The van der Waals surface area contributed by atoms with Gasteiger partial charge < -0.3 is 5.32 Å². The van der Waals surface area contributed by atoms with Gasteiger partial charge in [0.1, 0.15) is 18.2 Å². The summed E-state index contributed by atoms with van der Waals surface area (Å²) in [7, 11) is 0. The maximum Gasteiger partial charge on any atom is 0.349 e. The maximum absolute atomic E-state index is 14.4. The van der Waals surface area contributed by atoms with E-state index in [1.165, 1.54) is 34.9 Å². The highest BCUT2D eigenvalue weighted by Crippen LogP contribution is 2.29. The number of rotatable bonds is 4. The Kier molecular flexibility index (Phi) is 5.52. The molecule has 8 heteroatoms. The number of nitrogens with one attached hydrogen (secondary N) is 1. The first-order valence-electron chi connectivity index (χ1n) is 9.34. The van der Waals surface area contributed by atoms with Gasteiger partial charge in [-0.15, -0.1) is 0 Å². The van der Waals surface area contributed by atoms with Crippen LogP contribution in [0.1, 0.15) is 5.56 Å². The Morgan fingerprint density at radius 1 is 1.10 bits per heavy atom. The molecule has 0 aliphatic rings. The molecule has 1 amide bonds. The molecule has 0 atom stereocenters. The lowest BCUT2D eigenvalue weighted by Crippen LogP contribution is -2.30. The van der Waals surface area contributed by atoms with E-state index in [4.69, 9.17) is 11.6 Å². The summed E-state index contributed by atoms with van der Waals surface area (Å²) in [4.78, 5) is 29.4. The highest BCUT2D eigenvalue weighted by Gasteiger charge is 2.17. The molecule has 4 rings (SSSR count). The molecule has 0 saturated heterocycles. The second-order valence-electron chi connectivity index (χ2n) is 6.98. The van der Waals surface area contributed by atoms with Crippen LogP contribution in [-0.2, 0) is 11.3 Å². The van der Waals surface area contributed by atoms with Gasteiger partial charge in [0, 0.05) is 21.7 Å². The topological polar surface area (TPSA) is 64.0 Å². The summed E-state index contributed by atoms with van der Waals surface area (Å²) >= 11 is 6.13. The lowest BCUT2D eigenvalue weighted by atomic mass is 10.1. The van der Waals surface area contributed by atoms with Crippen molar-refractivity contribution in [2.75, 3.05) is 5.32 Å². The van der Waals surface area contributed by atoms with Crippen LogP contribution in [-0.4, -0.2) is 15.5 Å². The molecule has 1 N–H and O–H groups in total. The van der Waals surface area contributed by atoms with Crippen molar-refractivity contribution in [2.45, 2.75) is 13.5 Å². The average molecular weight is 440 g/mol. The molecule has 0 bridgehead atoms. The van der Waals surface area contributed by atoms with Gasteiger partial charge in [0.15, 0.2) is 0 Å². The van der Waals surface area contributed by atoms with Gasteiger partial charge in [0.25, 0.3) is 0 Å². The molecular formula is C23H16ClF2N3O2. The fraction of sp³-hybridized carbons (Fsp3) is 0.0870. The first-order chi connectivity index (χ1) is 14.8. The van der Waals surface area contributed by atoms with Gasteiger partial charge in [-0.1, -0.05) is 29.8 Å². The largest absolute Gasteiger partial charge is 0.349 e. The normalized spacial score (nSPS) is 11.0. The summed E-state index contributed by atoms with van der Waals surface area (Å²) in [5, 5.41) is 3.40. The molecule has 1 aromatic heterocycles. The van der Waals surface area contributed by atoms with Crippen molar-refractivity contribution in [3.8, 4) is 11.3 Å². The van der Waals surface area contributed by atoms with Crippen LogP contribution in [0.4, 0.5) is 14.5 Å². The van der Waals surface area contributed by atoms with Crippen LogP contribution in [0.15, 0.2) is 65.5 Å². The van der Waals surface area contributed by atoms with E-state index < -0.39 is 23.2 Å². The predicted octanol–water partition coefficient (Wildman–Crippen LogP) is 4.94. The second-order valence-corrected chi connectivity index (χ2v) is 7.41. The van der Waals surface area contributed by atoms with Gasteiger partial charge in [-0.25, -0.2) is 13.6 Å². The van der Waals surface area contributed by atoms with Crippen molar-refractivity contribution in [2.24, 2.45) is 0 Å². The second kappa shape index (κ2) is 8.28. The molecule has 4 aromatic rings. The summed E-state index contributed by atoms with van der Waals surface area (Å²) < 4.78 is 29.1. The number of benzene rings is 3. The first kappa shape index (κ1) is 20.7. The zero-order chi connectivity index (χ0) is 22.1. The number of carbonyl (C=O) groups excluding carboxylic acids is 1. The van der Waals surface area contributed by atoms with Crippen molar-refractivity contribution in [3.05, 3.63) is 93.4 Å². The Hall–Kier alpha value is -3.58. The van der Waals surface area contributed by atoms with Crippen LogP contribution in [0.3, 0.4) is 0 Å². The van der Waals surface area contributed by atoms with Crippen molar-refractivity contribution < 1.29 is 13.6 Å². The number of hydrogen-bond acceptors (Lipinski definition) is 3. The number of anilines is 1. The zero-order valence-electron chi connectivity index (χ0n) is 16.3. The molecule has 31 heavy (non-hydrogen) atoms. The minimum absolute atomic E-state index is 0.137. The Bertz CT molecular complexity index is 1390. The Morgan fingerprint density at radius 3 is 2.65 bits per heavy atom. The van der Waals surface area contributed by atoms with Crippen LogP contribution in [0.5, 0.6) is 0 Å². The fourth-order valence-corrected chi connectivity index (χ4v) is 3.50. The molecular weight excluding hydrogens is 424 g/mol. The smallest absolute Gasteiger partial charge is 0.324 e. The van der Waals surface area contributed by atoms with Gasteiger partial charge >= 0.3 is 5.69 Å². The number of carbonyl (C=O) groups is 1. The number of aromatic nitrogens is 2. The monoisotopic (exact) mass is 439 g/mol. The van der Waals surface area contributed by atoms with Gasteiger partial charge in [-0.3, -0.25) is 9.36 Å². The van der Waals surface area contributed by atoms with Crippen molar-refractivity contribution in [3.63, 3.8) is 0 Å². The number of nitrogens with zero attached hydrogens (tertiary/aromatic N) is 2. The first-order valence-corrected chi connectivity index (χ1v) is 9.72. The molecule has 5 nitrogen and oxygen atoms in total. The summed E-state index contributed by atoms with van der Waals surface area (Å²) in [6.07, 6.45) is 0. The van der Waals surface area contributed by atoms with Crippen molar-refractivity contribution in [1.29, 1.82) is 0 Å². The predicted molar refractivity (Wildman–Crippen MR) is 116 cm³/mol. The van der Waals surface area contributed by atoms with E-state index >= 15 is 0 Å². The van der Waals surface area contributed by atoms with E-state index in [9.17, 15) is 18.4 Å². The Balaban J connectivity index is 1.79. The lowest BCUT2D eigenvalue weighted by Gasteiger charge is -2.14. The zero-order valence-corrected chi connectivity index (χ0v) is 17.1. The SMILES string of the molecule is Cc1ccc(F)cc1NC(=O)Cn1c(=O)nc(-c2ccccc2F)c2cc(Cl)ccc21. The average Bonchev–Trinajstić information content (AvgIpc) is 2.73. The summed E-state index contributed by atoms with van der Waals surface area (Å²) in [6, 6.07) is 14.7. The van der Waals surface area contributed by atoms with Crippen LogP contribution in [0.25, 0.3) is 22.2 Å². The highest BCUT2D eigenvalue weighted by atomic mass is 35.5. The lowest BCUT2D eigenvalue weighted by molar-refractivity contribution is -0.116. The molecule has 3 aromatic carbocycles. The third-order valence-electron chi connectivity index (χ3n) is 4.85. The Labute approximate surface area is 180 Å². The maximum atomic E-state index is 14.4. The summed E-state index contributed by atoms with van der Waals surface area (Å²) in [5.74, 6) is -1.56. The van der Waals surface area contributed by atoms with E-state index in [0.29, 0.717) is 27.2 Å². The molecule has 0 fully saturated rings. The highest BCUT2D eigenvalue weighted by molar-refractivity contribution is 6.31. The molecule has 1 heterocycles. The molecule has 0 aliphatic heterocycles. The minimum Gasteiger partial charge on any atom is -0.324 e. The number of hydrogen-bond donors (Lipinski definition) is 1. The van der Waals surface area contributed by atoms with Gasteiger partial charge in [-0.2, -0.15) is 4.98 Å². The van der Waals surface area contributed by atoms with Gasteiger partial charge in [-0.05, 0) is 55.0 Å². The molecule has 0 saturated carbocycles. The van der Waals surface area contributed by atoms with E-state index in [1.54, 1.807) is 37.3 Å². The van der Waals surface area contributed by atoms with Crippen molar-refractivity contribution >= 4 is 34.1 Å². The van der Waals surface area contributed by atoms with Crippen LogP contribution >= 0.6 is 11.6 Å². The van der Waals surface area contributed by atoms with Crippen LogP contribution in [0, 0.1) is 18.6 Å². The fourth-order valence-electron chi connectivity index (χ4n) is 3.33. The quantitative estimate of drug-likeness (QED) is 0.489. The summed E-state index contributed by atoms with van der Waals surface area (Å²) in [6.45, 7) is 1.36. The standard InChI is InChI=1S/C23H16ClF2N3O2/c1-13-6-8-15(25)11-19(13)27-21(30)12-29-20-9-7-14(24)10-17(20)22(28-23(29)31)16-4-2-3-5-18(16)26/h2-11H,12H2,1H3,(H,27,30). The third-order valence-corrected chi connectivity index (χ3v) is 5.08. The van der Waals surface area contributed by atoms with Gasteiger partial charge in [0.2, 0.25) is 5.91 Å². The minimum atomic E-state index is -0.723. The third kappa shape index (κ3) is 4.18. The van der Waals surface area contributed by atoms with Gasteiger partial charge in [0.05, 0.1) is 11.2 Å². The van der Waals surface area contributed by atoms with Crippen LogP contribution in [0.2, 0.25) is 5.02 Å². The van der Waals surface area contributed by atoms with E-state index in [0.717, 1.165) is 0 Å². The molecule has 0 aliphatic carbocycles. The Morgan fingerprint density at radius 2 is 1.87 bits per heavy atom. The molecule has 0 spiro atoms. The number of amides is 1. The number of fused-ring (bicyclic) bond motifs is 1. The molecule has 156 valence electrons. The van der Waals surface area contributed by atoms with E-state index in [2.05, 4.69) is 10.3 Å². The van der Waals surface area contributed by atoms with Crippen molar-refractivity contribution in [1.82, 2.24) is 9.55 Å². The summed E-state index contributed by atoms with van der Waals surface area (Å²) in [5.41, 5.74) is 0.915. The number of aryl methyl sites for hydroxylation is 1. The number of halogens is 3. The van der Waals surface area contributed by atoms with E-state index in [1.807, 2.05) is 0 Å².